The highest BCUT2D eigenvalue weighted by Gasteiger charge is 2.20. The summed E-state index contributed by atoms with van der Waals surface area (Å²) in [4.78, 5) is 22.7. The molecule has 0 saturated heterocycles. The molecule has 0 atom stereocenters. The van der Waals surface area contributed by atoms with E-state index in [1.807, 2.05) is 6.92 Å². The van der Waals surface area contributed by atoms with Crippen molar-refractivity contribution in [2.24, 2.45) is 0 Å². The Kier molecular flexibility index (Phi) is 7.71. The molecule has 0 unspecified atom stereocenters. The van der Waals surface area contributed by atoms with Crippen molar-refractivity contribution in [2.45, 2.75) is 33.5 Å². The van der Waals surface area contributed by atoms with E-state index in [4.69, 9.17) is 14.2 Å². The van der Waals surface area contributed by atoms with Crippen molar-refractivity contribution in [1.82, 2.24) is 0 Å². The molecule has 102 valence electrons. The monoisotopic (exact) mass is 256 g/mol. The summed E-state index contributed by atoms with van der Waals surface area (Å²) in [5.41, 5.74) is 0.448. The molecule has 0 heterocycles. The van der Waals surface area contributed by atoms with Crippen molar-refractivity contribution in [3.05, 3.63) is 24.3 Å². The van der Waals surface area contributed by atoms with Gasteiger partial charge in [-0.15, -0.1) is 0 Å². The predicted octanol–water partition coefficient (Wildman–Crippen LogP) is 1.98. The topological polar surface area (TPSA) is 61.8 Å². The zero-order valence-corrected chi connectivity index (χ0v) is 11.2. The van der Waals surface area contributed by atoms with Gasteiger partial charge in [0.1, 0.15) is 6.61 Å². The molecule has 0 saturated carbocycles. The zero-order valence-electron chi connectivity index (χ0n) is 11.2. The summed E-state index contributed by atoms with van der Waals surface area (Å²) in [6.45, 7) is 12.3. The first-order valence-electron chi connectivity index (χ1n) is 5.69. The van der Waals surface area contributed by atoms with E-state index in [1.165, 1.54) is 13.8 Å². The van der Waals surface area contributed by atoms with E-state index < -0.39 is 18.2 Å². The highest BCUT2D eigenvalue weighted by molar-refractivity contribution is 5.88. The number of carbonyl (C=O) groups excluding carboxylic acids is 2. The lowest BCUT2D eigenvalue weighted by Gasteiger charge is -2.18. The van der Waals surface area contributed by atoms with Crippen LogP contribution in [0, 0.1) is 0 Å². The van der Waals surface area contributed by atoms with Gasteiger partial charge >= 0.3 is 11.9 Å². The first kappa shape index (κ1) is 16.4. The fraction of sp³-hybridized carbons (Fsp3) is 0.538. The normalized spacial score (nSPS) is 10.0. The molecule has 0 radical (unpaired) electrons. The Bertz CT molecular complexity index is 304. The smallest absolute Gasteiger partial charge is 0.336 e. The number of carbonyl (C=O) groups is 2. The number of esters is 2. The van der Waals surface area contributed by atoms with Crippen molar-refractivity contribution < 1.29 is 23.8 Å². The molecule has 0 aliphatic heterocycles. The fourth-order valence-electron chi connectivity index (χ4n) is 0.856. The average molecular weight is 256 g/mol. The van der Waals surface area contributed by atoms with E-state index in [2.05, 4.69) is 13.2 Å². The maximum Gasteiger partial charge on any atom is 0.336 e. The quantitative estimate of drug-likeness (QED) is 0.287. The second kappa shape index (κ2) is 8.47. The molecule has 5 nitrogen and oxygen atoms in total. The van der Waals surface area contributed by atoms with Gasteiger partial charge in [-0.2, -0.15) is 0 Å². The van der Waals surface area contributed by atoms with Gasteiger partial charge in [-0.1, -0.05) is 20.1 Å². The maximum atomic E-state index is 11.3. The van der Waals surface area contributed by atoms with Gasteiger partial charge in [0.2, 0.25) is 0 Å². The molecule has 0 aromatic rings. The van der Waals surface area contributed by atoms with Crippen LogP contribution in [0.4, 0.5) is 0 Å². The molecule has 0 spiro atoms. The van der Waals surface area contributed by atoms with Crippen molar-refractivity contribution in [3.8, 4) is 0 Å². The maximum absolute atomic E-state index is 11.3. The summed E-state index contributed by atoms with van der Waals surface area (Å²) >= 11 is 0. The van der Waals surface area contributed by atoms with Crippen LogP contribution in [0.25, 0.3) is 0 Å². The third kappa shape index (κ3) is 6.85. The lowest BCUT2D eigenvalue weighted by atomic mass is 10.3. The molecule has 0 aliphatic carbocycles. The molecule has 0 aliphatic rings. The van der Waals surface area contributed by atoms with E-state index in [9.17, 15) is 9.59 Å². The van der Waals surface area contributed by atoms with Gasteiger partial charge < -0.3 is 14.2 Å². The number of ether oxygens (including phenoxy) is 3. The molecule has 0 rings (SSSR count). The van der Waals surface area contributed by atoms with Crippen molar-refractivity contribution >= 4 is 11.9 Å². The van der Waals surface area contributed by atoms with Gasteiger partial charge in [0, 0.05) is 17.8 Å². The second-order valence-electron chi connectivity index (χ2n) is 3.88. The largest absolute Gasteiger partial charge is 0.419 e. The standard InChI is InChI=1S/C13H20O5/c1-6-7-16-8-11(17-12(14)9(2)3)18-13(15)10(4)5/h11H,2,4,6-8H2,1,3,5H3. The highest BCUT2D eigenvalue weighted by atomic mass is 16.7. The predicted molar refractivity (Wildman–Crippen MR) is 66.7 cm³/mol. The van der Waals surface area contributed by atoms with E-state index in [1.54, 1.807) is 0 Å². The van der Waals surface area contributed by atoms with Crippen LogP contribution in [0.15, 0.2) is 24.3 Å². The van der Waals surface area contributed by atoms with Gasteiger partial charge in [-0.3, -0.25) is 0 Å². The van der Waals surface area contributed by atoms with E-state index >= 15 is 0 Å². The van der Waals surface area contributed by atoms with Crippen molar-refractivity contribution in [1.29, 1.82) is 0 Å². The summed E-state index contributed by atoms with van der Waals surface area (Å²) < 4.78 is 15.1. The molecule has 0 N–H and O–H groups in total. The van der Waals surface area contributed by atoms with Crippen LogP contribution in [0.1, 0.15) is 27.2 Å². The summed E-state index contributed by atoms with van der Waals surface area (Å²) in [5, 5.41) is 0. The Hall–Kier alpha value is -1.62. The number of hydrogen-bond acceptors (Lipinski definition) is 5. The van der Waals surface area contributed by atoms with Gasteiger partial charge in [-0.25, -0.2) is 9.59 Å². The minimum absolute atomic E-state index is 0.00806. The minimum atomic E-state index is -1.08. The Morgan fingerprint density at radius 2 is 1.50 bits per heavy atom. The number of hydrogen-bond donors (Lipinski definition) is 0. The van der Waals surface area contributed by atoms with Crippen LogP contribution in [0.2, 0.25) is 0 Å². The lowest BCUT2D eigenvalue weighted by Crippen LogP contribution is -2.29. The molecular formula is C13H20O5. The lowest BCUT2D eigenvalue weighted by molar-refractivity contribution is -0.192. The van der Waals surface area contributed by atoms with Crippen LogP contribution in [-0.4, -0.2) is 31.4 Å². The molecule has 0 aromatic heterocycles. The van der Waals surface area contributed by atoms with Gasteiger partial charge in [0.05, 0.1) is 0 Å². The van der Waals surface area contributed by atoms with E-state index in [0.717, 1.165) is 6.42 Å². The van der Waals surface area contributed by atoms with Gasteiger partial charge in [0.25, 0.3) is 6.29 Å². The summed E-state index contributed by atoms with van der Waals surface area (Å²) in [7, 11) is 0. The molecule has 0 bridgehead atoms. The fourth-order valence-corrected chi connectivity index (χ4v) is 0.856. The Labute approximate surface area is 107 Å². The van der Waals surface area contributed by atoms with Crippen LogP contribution >= 0.6 is 0 Å². The summed E-state index contributed by atoms with van der Waals surface area (Å²) in [5.74, 6) is -1.26. The first-order valence-corrected chi connectivity index (χ1v) is 5.69. The SMILES string of the molecule is C=C(C)C(=O)OC(COCCC)OC(=O)C(=C)C. The molecule has 18 heavy (non-hydrogen) atoms. The van der Waals surface area contributed by atoms with Crippen molar-refractivity contribution in [3.63, 3.8) is 0 Å². The van der Waals surface area contributed by atoms with Crippen LogP contribution in [0.3, 0.4) is 0 Å². The van der Waals surface area contributed by atoms with E-state index in [0.29, 0.717) is 6.61 Å². The van der Waals surface area contributed by atoms with Gasteiger partial charge in [0.15, 0.2) is 0 Å². The Morgan fingerprint density at radius 1 is 1.06 bits per heavy atom. The van der Waals surface area contributed by atoms with E-state index in [-0.39, 0.29) is 17.8 Å². The highest BCUT2D eigenvalue weighted by Crippen LogP contribution is 2.05. The van der Waals surface area contributed by atoms with Crippen LogP contribution in [-0.2, 0) is 23.8 Å². The molecule has 0 aromatic carbocycles. The molecule has 0 fully saturated rings. The Morgan fingerprint density at radius 3 is 1.83 bits per heavy atom. The third-order valence-corrected chi connectivity index (χ3v) is 1.78. The van der Waals surface area contributed by atoms with Crippen LogP contribution in [0.5, 0.6) is 0 Å². The molecule has 0 amide bonds. The Balaban J connectivity index is 4.41. The first-order chi connectivity index (χ1) is 8.38. The number of rotatable bonds is 8. The zero-order chi connectivity index (χ0) is 14.1. The molecular weight excluding hydrogens is 236 g/mol. The van der Waals surface area contributed by atoms with Crippen molar-refractivity contribution in [2.75, 3.05) is 13.2 Å². The summed E-state index contributed by atoms with van der Waals surface area (Å²) in [6, 6.07) is 0. The molecule has 5 heteroatoms. The average Bonchev–Trinajstić information content (AvgIpc) is 2.28. The second-order valence-corrected chi connectivity index (χ2v) is 3.88. The third-order valence-electron chi connectivity index (χ3n) is 1.78. The van der Waals surface area contributed by atoms with Crippen LogP contribution < -0.4 is 0 Å². The minimum Gasteiger partial charge on any atom is -0.419 e. The summed E-state index contributed by atoms with van der Waals surface area (Å²) in [6.07, 6.45) is -0.264. The van der Waals surface area contributed by atoms with Gasteiger partial charge in [-0.05, 0) is 20.3 Å².